The van der Waals surface area contributed by atoms with Crippen molar-refractivity contribution in [1.82, 2.24) is 15.1 Å². The quantitative estimate of drug-likeness (QED) is 0.791. The fourth-order valence-electron chi connectivity index (χ4n) is 2.59. The molecule has 2 aliphatic heterocycles. The smallest absolute Gasteiger partial charge is 0.237 e. The van der Waals surface area contributed by atoms with E-state index in [-0.39, 0.29) is 18.3 Å². The third-order valence-electron chi connectivity index (χ3n) is 3.53. The van der Waals surface area contributed by atoms with Gasteiger partial charge in [0.1, 0.15) is 0 Å². The number of likely N-dealkylation sites (N-methyl/N-ethyl adjacent to an activating group) is 1. The fourth-order valence-corrected chi connectivity index (χ4v) is 2.59. The van der Waals surface area contributed by atoms with E-state index >= 15 is 0 Å². The lowest BCUT2D eigenvalue weighted by molar-refractivity contribution is -0.126. The van der Waals surface area contributed by atoms with Crippen LogP contribution in [0.5, 0.6) is 0 Å². The summed E-state index contributed by atoms with van der Waals surface area (Å²) in [4.78, 5) is 15.8. The first-order valence-corrected chi connectivity index (χ1v) is 5.84. The lowest BCUT2D eigenvalue weighted by Crippen LogP contribution is -2.37. The molecular weight excluding hydrogens is 226 g/mol. The van der Waals surface area contributed by atoms with E-state index in [2.05, 4.69) is 17.1 Å². The van der Waals surface area contributed by atoms with Gasteiger partial charge >= 0.3 is 0 Å². The van der Waals surface area contributed by atoms with Crippen molar-refractivity contribution in [3.63, 3.8) is 0 Å². The number of hydrogen-bond acceptors (Lipinski definition) is 3. The minimum atomic E-state index is 0. The molecule has 1 atom stereocenters. The molecule has 5 heteroatoms. The van der Waals surface area contributed by atoms with Gasteiger partial charge in [-0.2, -0.15) is 0 Å². The number of rotatable bonds is 3. The molecule has 1 amide bonds. The van der Waals surface area contributed by atoms with Crippen molar-refractivity contribution >= 4 is 18.3 Å². The van der Waals surface area contributed by atoms with Crippen LogP contribution in [0.2, 0.25) is 0 Å². The number of nitrogens with zero attached hydrogens (tertiary/aromatic N) is 2. The molecule has 0 aromatic rings. The summed E-state index contributed by atoms with van der Waals surface area (Å²) in [7, 11) is 0. The van der Waals surface area contributed by atoms with Gasteiger partial charge in [0.25, 0.3) is 0 Å². The number of amides is 1. The fraction of sp³-hybridized carbons (Fsp3) is 0.909. The Hall–Kier alpha value is -0.320. The van der Waals surface area contributed by atoms with Gasteiger partial charge in [0, 0.05) is 19.6 Å². The zero-order chi connectivity index (χ0) is 10.9. The van der Waals surface area contributed by atoms with Gasteiger partial charge < -0.3 is 10.2 Å². The molecule has 16 heavy (non-hydrogen) atoms. The number of halogens is 1. The minimum absolute atomic E-state index is 0. The van der Waals surface area contributed by atoms with Crippen LogP contribution in [-0.4, -0.2) is 55.1 Å². The Labute approximate surface area is 104 Å². The topological polar surface area (TPSA) is 35.6 Å². The number of nitrogens with one attached hydrogen (secondary N) is 1. The average Bonchev–Trinajstić information content (AvgIpc) is 2.73. The second-order valence-electron chi connectivity index (χ2n) is 5.12. The number of carbonyl (C=O) groups is 1. The van der Waals surface area contributed by atoms with Gasteiger partial charge in [-0.05, 0) is 25.3 Å². The van der Waals surface area contributed by atoms with Crippen LogP contribution in [0.1, 0.15) is 20.3 Å². The Bertz CT molecular complexity index is 254. The summed E-state index contributed by atoms with van der Waals surface area (Å²) in [6, 6.07) is 0. The molecule has 0 aromatic heterocycles. The monoisotopic (exact) mass is 247 g/mol. The molecule has 0 bridgehead atoms. The van der Waals surface area contributed by atoms with Crippen molar-refractivity contribution < 1.29 is 4.79 Å². The molecule has 0 spiro atoms. The van der Waals surface area contributed by atoms with Gasteiger partial charge in [0.15, 0.2) is 0 Å². The summed E-state index contributed by atoms with van der Waals surface area (Å²) in [5.74, 6) is 0.284. The van der Waals surface area contributed by atoms with Gasteiger partial charge in [0.05, 0.1) is 13.2 Å². The maximum atomic E-state index is 11.6. The van der Waals surface area contributed by atoms with E-state index in [1.807, 2.05) is 11.8 Å². The Kier molecular flexibility index (Phi) is 4.59. The molecule has 0 aromatic carbocycles. The zero-order valence-corrected chi connectivity index (χ0v) is 11.0. The van der Waals surface area contributed by atoms with E-state index in [9.17, 15) is 4.79 Å². The summed E-state index contributed by atoms with van der Waals surface area (Å²) in [5, 5.41) is 3.40. The van der Waals surface area contributed by atoms with Crippen molar-refractivity contribution in [3.05, 3.63) is 0 Å². The summed E-state index contributed by atoms with van der Waals surface area (Å²) >= 11 is 0. The number of carbonyl (C=O) groups excluding carboxylic acids is 1. The maximum Gasteiger partial charge on any atom is 0.237 e. The van der Waals surface area contributed by atoms with E-state index in [4.69, 9.17) is 0 Å². The van der Waals surface area contributed by atoms with E-state index in [0.717, 1.165) is 32.8 Å². The van der Waals surface area contributed by atoms with E-state index in [1.54, 1.807) is 0 Å². The highest BCUT2D eigenvalue weighted by molar-refractivity contribution is 5.85. The summed E-state index contributed by atoms with van der Waals surface area (Å²) in [5.41, 5.74) is 0.365. The zero-order valence-electron chi connectivity index (χ0n) is 10.2. The molecule has 2 aliphatic rings. The third kappa shape index (κ3) is 2.87. The molecule has 2 saturated heterocycles. The van der Waals surface area contributed by atoms with Gasteiger partial charge in [-0.25, -0.2) is 0 Å². The van der Waals surface area contributed by atoms with Gasteiger partial charge in [-0.15, -0.1) is 12.4 Å². The highest BCUT2D eigenvalue weighted by atomic mass is 35.5. The predicted octanol–water partition coefficient (Wildman–Crippen LogP) is 0.529. The van der Waals surface area contributed by atoms with Crippen LogP contribution in [0.25, 0.3) is 0 Å². The Balaban J connectivity index is 0.00000128. The van der Waals surface area contributed by atoms with Crippen molar-refractivity contribution in [2.24, 2.45) is 5.41 Å². The summed E-state index contributed by atoms with van der Waals surface area (Å²) < 4.78 is 0. The first kappa shape index (κ1) is 13.7. The molecule has 1 unspecified atom stereocenters. The summed E-state index contributed by atoms with van der Waals surface area (Å²) in [6.07, 6.45) is 1.23. The lowest BCUT2D eigenvalue weighted by Gasteiger charge is -2.28. The van der Waals surface area contributed by atoms with Crippen LogP contribution in [0.15, 0.2) is 0 Å². The largest absolute Gasteiger partial charge is 0.329 e. The van der Waals surface area contributed by atoms with Crippen LogP contribution >= 0.6 is 12.4 Å². The number of hydrogen-bond donors (Lipinski definition) is 1. The standard InChI is InChI=1S/C11H21N3O.ClH/c1-3-14-9-13(6-10(14)15)8-11(2)4-5-12-7-11;/h12H,3-9H2,1-2H3;1H. The summed E-state index contributed by atoms with van der Waals surface area (Å²) in [6.45, 7) is 9.88. The van der Waals surface area contributed by atoms with Crippen molar-refractivity contribution in [2.45, 2.75) is 20.3 Å². The Morgan fingerprint density at radius 2 is 2.25 bits per heavy atom. The molecule has 0 saturated carbocycles. The van der Waals surface area contributed by atoms with E-state index < -0.39 is 0 Å². The first-order chi connectivity index (χ1) is 7.13. The Morgan fingerprint density at radius 3 is 2.75 bits per heavy atom. The van der Waals surface area contributed by atoms with Gasteiger partial charge in [0.2, 0.25) is 5.91 Å². The van der Waals surface area contributed by atoms with Gasteiger partial charge in [-0.3, -0.25) is 9.69 Å². The van der Waals surface area contributed by atoms with Crippen molar-refractivity contribution in [2.75, 3.05) is 39.4 Å². The first-order valence-electron chi connectivity index (χ1n) is 5.84. The average molecular weight is 248 g/mol. The highest BCUT2D eigenvalue weighted by Gasteiger charge is 2.34. The second-order valence-corrected chi connectivity index (χ2v) is 5.12. The van der Waals surface area contributed by atoms with Crippen LogP contribution in [0.4, 0.5) is 0 Å². The molecule has 0 aliphatic carbocycles. The molecule has 1 N–H and O–H groups in total. The molecule has 0 radical (unpaired) electrons. The minimum Gasteiger partial charge on any atom is -0.329 e. The third-order valence-corrected chi connectivity index (χ3v) is 3.53. The second kappa shape index (κ2) is 5.34. The SMILES string of the molecule is CCN1CN(CC2(C)CCNC2)CC1=O.Cl. The van der Waals surface area contributed by atoms with E-state index in [1.165, 1.54) is 6.42 Å². The maximum absolute atomic E-state index is 11.6. The lowest BCUT2D eigenvalue weighted by atomic mass is 9.89. The predicted molar refractivity (Wildman–Crippen MR) is 66.7 cm³/mol. The molecule has 2 rings (SSSR count). The van der Waals surface area contributed by atoms with Crippen LogP contribution in [-0.2, 0) is 4.79 Å². The van der Waals surface area contributed by atoms with Gasteiger partial charge in [-0.1, -0.05) is 6.92 Å². The van der Waals surface area contributed by atoms with Crippen molar-refractivity contribution in [1.29, 1.82) is 0 Å². The van der Waals surface area contributed by atoms with Crippen LogP contribution < -0.4 is 5.32 Å². The molecule has 4 nitrogen and oxygen atoms in total. The van der Waals surface area contributed by atoms with Crippen LogP contribution in [0, 0.1) is 5.41 Å². The van der Waals surface area contributed by atoms with Crippen LogP contribution in [0.3, 0.4) is 0 Å². The highest BCUT2D eigenvalue weighted by Crippen LogP contribution is 2.26. The van der Waals surface area contributed by atoms with E-state index in [0.29, 0.717) is 12.0 Å². The molecule has 2 heterocycles. The molecule has 94 valence electrons. The Morgan fingerprint density at radius 1 is 1.50 bits per heavy atom. The van der Waals surface area contributed by atoms with Crippen molar-refractivity contribution in [3.8, 4) is 0 Å². The molecule has 2 fully saturated rings. The normalized spacial score (nSPS) is 30.9. The molecular formula is C11H22ClN3O.